The molecule has 0 unspecified atom stereocenters. The molecular weight excluding hydrogens is 887 g/mol. The van der Waals surface area contributed by atoms with Gasteiger partial charge in [0.05, 0.1) is 58.6 Å². The van der Waals surface area contributed by atoms with Crippen LogP contribution in [0.25, 0.3) is 0 Å². The summed E-state index contributed by atoms with van der Waals surface area (Å²) in [7, 11) is 2.75. The van der Waals surface area contributed by atoms with Gasteiger partial charge in [0, 0.05) is 25.9 Å². The number of hydrogen-bond donors (Lipinski definition) is 4. The lowest BCUT2D eigenvalue weighted by molar-refractivity contribution is -0.190. The van der Waals surface area contributed by atoms with Gasteiger partial charge in [-0.3, -0.25) is 9.59 Å². The monoisotopic (exact) mass is 934 g/mol. The van der Waals surface area contributed by atoms with Gasteiger partial charge >= 0.3 is 5.97 Å². The molecule has 4 aromatic rings. The van der Waals surface area contributed by atoms with E-state index in [1.54, 1.807) is 32.0 Å². The second kappa shape index (κ2) is 22.1. The Morgan fingerprint density at radius 3 is 1.54 bits per heavy atom. The largest absolute Gasteiger partial charge is 0.494 e. The molecule has 8 rings (SSSR count). The number of amides is 2. The summed E-state index contributed by atoms with van der Waals surface area (Å²) in [6.07, 6.45) is -2.15. The van der Waals surface area contributed by atoms with Crippen LogP contribution in [0.15, 0.2) is 58.8 Å². The van der Waals surface area contributed by atoms with E-state index in [-0.39, 0.29) is 80.7 Å². The summed E-state index contributed by atoms with van der Waals surface area (Å²) in [5, 5.41) is 31.8. The number of nitrogens with one attached hydrogen (secondary N) is 2. The molecular formula is C44H48F2N8O13. The van der Waals surface area contributed by atoms with Crippen molar-refractivity contribution in [1.29, 1.82) is 0 Å². The Hall–Kier alpha value is -6.79. The summed E-state index contributed by atoms with van der Waals surface area (Å²) in [6.45, 7) is 4.14. The summed E-state index contributed by atoms with van der Waals surface area (Å²) < 4.78 is 59.2. The standard InChI is InChI=1S/C22H23FN4O7.C22H25FN4O6/c1-11-25-14(15-7-18(34-27-15)19-9-33-20(10-32-19)22(29)30)6-16(26-11)21(28)24-8-12-3-4-13(23)17(5-12)31-2;1-12-25-16(17-7-20(33-27-17)21-11-31-14(9-28)10-32-21)6-18(26-12)22(29)24-8-13-3-4-15(23)19(5-13)30-2/h3-6,18-20H,7-10H2,1-2H3,(H,24,28)(H,29,30);3-6,14,20-21,28H,7-11H2,1-2H3,(H,24,29)/t18-,19+,20-;14-,20+,21-/m01/s1. The van der Waals surface area contributed by atoms with Crippen LogP contribution in [0, 0.1) is 25.5 Å². The fraction of sp³-hybridized carbons (Fsp3) is 0.432. The molecule has 4 N–H and O–H groups in total. The van der Waals surface area contributed by atoms with E-state index in [0.29, 0.717) is 65.0 Å². The first-order chi connectivity index (χ1) is 32.3. The van der Waals surface area contributed by atoms with Gasteiger partial charge in [0.25, 0.3) is 11.8 Å². The predicted octanol–water partition coefficient (Wildman–Crippen LogP) is 2.36. The summed E-state index contributed by atoms with van der Waals surface area (Å²) in [6, 6.07) is 11.8. The van der Waals surface area contributed by atoms with Crippen molar-refractivity contribution in [2.24, 2.45) is 10.3 Å². The molecule has 4 aliphatic heterocycles. The van der Waals surface area contributed by atoms with Crippen LogP contribution in [0.3, 0.4) is 0 Å². The number of carboxylic acid groups (broad SMARTS) is 1. The van der Waals surface area contributed by atoms with E-state index < -0.39 is 47.7 Å². The molecule has 23 heteroatoms. The first-order valence-corrected chi connectivity index (χ1v) is 21.0. The Kier molecular flexibility index (Phi) is 15.9. The number of aliphatic hydroxyl groups is 1. The van der Waals surface area contributed by atoms with Gasteiger partial charge in [0.15, 0.2) is 41.4 Å². The molecule has 0 bridgehead atoms. The number of nitrogens with zero attached hydrogens (tertiary/aromatic N) is 6. The van der Waals surface area contributed by atoms with Crippen LogP contribution in [-0.2, 0) is 46.5 Å². The van der Waals surface area contributed by atoms with Gasteiger partial charge in [-0.2, -0.15) is 0 Å². The fourth-order valence-corrected chi connectivity index (χ4v) is 7.09. The number of aromatic nitrogens is 4. The minimum Gasteiger partial charge on any atom is -0.494 e. The molecule has 6 atom stereocenters. The summed E-state index contributed by atoms with van der Waals surface area (Å²) in [5.41, 5.74) is 3.68. The molecule has 2 saturated heterocycles. The Morgan fingerprint density at radius 1 is 0.657 bits per heavy atom. The number of rotatable bonds is 14. The molecule has 2 aromatic carbocycles. The zero-order valence-corrected chi connectivity index (χ0v) is 36.8. The van der Waals surface area contributed by atoms with E-state index in [1.807, 2.05) is 0 Å². The SMILES string of the molecule is COc1cc(CNC(=O)c2cc(C3=NO[C@H]([C@H]4CO[C@H](C(=O)O)CO4)C3)nc(C)n2)ccc1F.COc1cc(CNC(=O)c2cc(C3=NO[C@H]([C@H]4CO[C@H](CO)CO4)C3)nc(C)n2)ccc1F. The Morgan fingerprint density at radius 2 is 1.13 bits per heavy atom. The van der Waals surface area contributed by atoms with Crippen LogP contribution < -0.4 is 20.1 Å². The molecule has 0 spiro atoms. The van der Waals surface area contributed by atoms with Crippen LogP contribution >= 0.6 is 0 Å². The van der Waals surface area contributed by atoms with Crippen LogP contribution in [-0.4, -0.2) is 143 Å². The Bertz CT molecular complexity index is 2500. The Labute approximate surface area is 381 Å². The number of halogens is 2. The number of hydrogen-bond acceptors (Lipinski definition) is 18. The number of oxime groups is 2. The molecule has 0 saturated carbocycles. The number of aryl methyl sites for hydroxylation is 2. The number of aliphatic carboxylic acids is 1. The molecule has 67 heavy (non-hydrogen) atoms. The first kappa shape index (κ1) is 48.2. The highest BCUT2D eigenvalue weighted by Gasteiger charge is 2.38. The lowest BCUT2D eigenvalue weighted by Gasteiger charge is -2.30. The number of ether oxygens (including phenoxy) is 6. The molecule has 2 aromatic heterocycles. The third-order valence-corrected chi connectivity index (χ3v) is 10.7. The van der Waals surface area contributed by atoms with E-state index in [1.165, 1.54) is 44.6 Å². The number of carboxylic acids is 1. The van der Waals surface area contributed by atoms with Gasteiger partial charge in [-0.25, -0.2) is 33.5 Å². The van der Waals surface area contributed by atoms with Gasteiger partial charge in [-0.05, 0) is 61.4 Å². The maximum absolute atomic E-state index is 13.6. The van der Waals surface area contributed by atoms with Crippen molar-refractivity contribution in [3.05, 3.63) is 106 Å². The third-order valence-electron chi connectivity index (χ3n) is 10.7. The van der Waals surface area contributed by atoms with Crippen molar-refractivity contribution in [2.45, 2.75) is 76.4 Å². The minimum atomic E-state index is -1.08. The third kappa shape index (κ3) is 12.4. The van der Waals surface area contributed by atoms with Crippen molar-refractivity contribution in [3.8, 4) is 11.5 Å². The van der Waals surface area contributed by atoms with Crippen molar-refractivity contribution in [1.82, 2.24) is 30.6 Å². The molecule has 2 amide bonds. The maximum Gasteiger partial charge on any atom is 0.335 e. The average Bonchev–Trinajstić information content (AvgIpc) is 4.05. The van der Waals surface area contributed by atoms with Crippen LogP contribution in [0.1, 0.15) is 68.0 Å². The lowest BCUT2D eigenvalue weighted by atomic mass is 10.0. The normalized spacial score (nSPS) is 22.2. The number of methoxy groups -OCH3 is 2. The minimum absolute atomic E-state index is 0.0645. The van der Waals surface area contributed by atoms with Crippen LogP contribution in [0.4, 0.5) is 8.78 Å². The van der Waals surface area contributed by atoms with Gasteiger partial charge < -0.3 is 58.9 Å². The van der Waals surface area contributed by atoms with E-state index in [4.69, 9.17) is 48.3 Å². The molecule has 6 heterocycles. The van der Waals surface area contributed by atoms with Gasteiger partial charge in [-0.1, -0.05) is 22.4 Å². The predicted molar refractivity (Wildman–Crippen MR) is 228 cm³/mol. The molecule has 0 aliphatic carbocycles. The van der Waals surface area contributed by atoms with E-state index in [9.17, 15) is 23.2 Å². The number of benzene rings is 2. The van der Waals surface area contributed by atoms with Crippen molar-refractivity contribution in [3.63, 3.8) is 0 Å². The second-order valence-corrected chi connectivity index (χ2v) is 15.5. The molecule has 0 radical (unpaired) electrons. The topological polar surface area (TPSA) is 266 Å². The van der Waals surface area contributed by atoms with Crippen molar-refractivity contribution < 1.29 is 71.5 Å². The lowest BCUT2D eigenvalue weighted by Crippen LogP contribution is -2.45. The molecule has 4 aliphatic rings. The fourth-order valence-electron chi connectivity index (χ4n) is 7.09. The molecule has 21 nitrogen and oxygen atoms in total. The summed E-state index contributed by atoms with van der Waals surface area (Å²) >= 11 is 0. The number of carbonyl (C=O) groups is 3. The average molecular weight is 935 g/mol. The van der Waals surface area contributed by atoms with E-state index >= 15 is 0 Å². The number of carbonyl (C=O) groups excluding carboxylic acids is 2. The van der Waals surface area contributed by atoms with Crippen molar-refractivity contribution in [2.75, 3.05) is 47.3 Å². The van der Waals surface area contributed by atoms with Crippen molar-refractivity contribution >= 4 is 29.2 Å². The smallest absolute Gasteiger partial charge is 0.335 e. The zero-order valence-electron chi connectivity index (χ0n) is 36.8. The number of aliphatic hydroxyl groups excluding tert-OH is 1. The van der Waals surface area contributed by atoms with Gasteiger partial charge in [0.1, 0.15) is 52.8 Å². The highest BCUT2D eigenvalue weighted by Crippen LogP contribution is 2.26. The maximum atomic E-state index is 13.6. The van der Waals surface area contributed by atoms with Crippen LogP contribution in [0.2, 0.25) is 0 Å². The highest BCUT2D eigenvalue weighted by atomic mass is 19.1. The van der Waals surface area contributed by atoms with E-state index in [0.717, 1.165) is 0 Å². The quantitative estimate of drug-likeness (QED) is 0.141. The van der Waals surface area contributed by atoms with Crippen LogP contribution in [0.5, 0.6) is 11.5 Å². The first-order valence-electron chi connectivity index (χ1n) is 21.0. The summed E-state index contributed by atoms with van der Waals surface area (Å²) in [5.74, 6) is -1.90. The molecule has 2 fully saturated rings. The van der Waals surface area contributed by atoms with Gasteiger partial charge in [-0.15, -0.1) is 0 Å². The highest BCUT2D eigenvalue weighted by molar-refractivity contribution is 6.02. The zero-order chi connectivity index (χ0) is 47.6. The summed E-state index contributed by atoms with van der Waals surface area (Å²) in [4.78, 5) is 64.5. The second-order valence-electron chi connectivity index (χ2n) is 15.5. The van der Waals surface area contributed by atoms with Gasteiger partial charge in [0.2, 0.25) is 0 Å². The molecule has 356 valence electrons. The Balaban J connectivity index is 0.000000199. The van der Waals surface area contributed by atoms with E-state index in [2.05, 4.69) is 40.9 Å².